The average molecular weight is 239 g/mol. The minimum absolute atomic E-state index is 0.145. The molecule has 3 rings (SSSR count). The van der Waals surface area contributed by atoms with Gasteiger partial charge in [0.15, 0.2) is 6.10 Å². The molecule has 2 N–H and O–H groups in total. The maximum atomic E-state index is 11.1. The number of hydrogen-bond donors (Lipinski definition) is 2. The first-order valence-electron chi connectivity index (χ1n) is 6.82. The van der Waals surface area contributed by atoms with Gasteiger partial charge in [-0.05, 0) is 43.6 Å². The number of rotatable bonds is 5. The molecule has 3 fully saturated rings. The van der Waals surface area contributed by atoms with Gasteiger partial charge in [-0.25, -0.2) is 4.79 Å². The lowest BCUT2D eigenvalue weighted by atomic mass is 9.88. The van der Waals surface area contributed by atoms with Gasteiger partial charge in [0.05, 0.1) is 6.10 Å². The van der Waals surface area contributed by atoms with Crippen molar-refractivity contribution in [3.05, 3.63) is 0 Å². The standard InChI is InChI=1S/C13H21NO3/c1-2-3-10(13(15)16)17-12-7-4-8-6-14-11(12)9(8)5-7/h7-12,14H,2-6H2,1H3,(H,15,16). The van der Waals surface area contributed by atoms with E-state index < -0.39 is 12.1 Å². The van der Waals surface area contributed by atoms with Crippen molar-refractivity contribution in [2.24, 2.45) is 17.8 Å². The van der Waals surface area contributed by atoms with E-state index in [-0.39, 0.29) is 6.10 Å². The molecule has 4 nitrogen and oxygen atoms in total. The van der Waals surface area contributed by atoms with Gasteiger partial charge in [-0.3, -0.25) is 0 Å². The molecule has 0 aromatic heterocycles. The van der Waals surface area contributed by atoms with Crippen LogP contribution in [0.5, 0.6) is 0 Å². The zero-order valence-corrected chi connectivity index (χ0v) is 10.3. The molecule has 96 valence electrons. The maximum Gasteiger partial charge on any atom is 0.332 e. The van der Waals surface area contributed by atoms with Crippen LogP contribution in [0.15, 0.2) is 0 Å². The first-order valence-corrected chi connectivity index (χ1v) is 6.82. The highest BCUT2D eigenvalue weighted by Gasteiger charge is 2.57. The molecule has 0 spiro atoms. The molecule has 1 aliphatic heterocycles. The summed E-state index contributed by atoms with van der Waals surface area (Å²) in [6.07, 6.45) is 3.50. The SMILES string of the molecule is CCCC(OC1C2CC3CNC1C3C2)C(=O)O. The Kier molecular flexibility index (Phi) is 2.87. The van der Waals surface area contributed by atoms with E-state index in [1.165, 1.54) is 12.8 Å². The molecule has 1 heterocycles. The summed E-state index contributed by atoms with van der Waals surface area (Å²) in [6, 6.07) is 0.428. The highest BCUT2D eigenvalue weighted by molar-refractivity contribution is 5.72. The molecule has 0 aromatic carbocycles. The van der Waals surface area contributed by atoms with Gasteiger partial charge in [0.2, 0.25) is 0 Å². The number of fused-ring (bicyclic) bond motifs is 1. The van der Waals surface area contributed by atoms with Crippen LogP contribution in [-0.2, 0) is 9.53 Å². The van der Waals surface area contributed by atoms with E-state index in [1.54, 1.807) is 0 Å². The molecule has 6 atom stereocenters. The van der Waals surface area contributed by atoms with Crippen LogP contribution in [0.25, 0.3) is 0 Å². The van der Waals surface area contributed by atoms with E-state index in [0.717, 1.165) is 24.8 Å². The topological polar surface area (TPSA) is 58.6 Å². The molecule has 2 aliphatic carbocycles. The summed E-state index contributed by atoms with van der Waals surface area (Å²) in [5, 5.41) is 12.7. The second-order valence-electron chi connectivity index (χ2n) is 5.81. The molecular formula is C13H21NO3. The predicted octanol–water partition coefficient (Wildman–Crippen LogP) is 1.25. The number of carboxylic acids is 1. The highest BCUT2D eigenvalue weighted by Crippen LogP contribution is 2.52. The Morgan fingerprint density at radius 1 is 1.47 bits per heavy atom. The third-order valence-corrected chi connectivity index (χ3v) is 4.83. The van der Waals surface area contributed by atoms with Crippen molar-refractivity contribution < 1.29 is 14.6 Å². The third-order valence-electron chi connectivity index (χ3n) is 4.83. The molecule has 6 unspecified atom stereocenters. The molecule has 2 bridgehead atoms. The number of nitrogens with one attached hydrogen (secondary N) is 1. The summed E-state index contributed by atoms with van der Waals surface area (Å²) >= 11 is 0. The second kappa shape index (κ2) is 4.25. The summed E-state index contributed by atoms with van der Waals surface area (Å²) in [5.41, 5.74) is 0. The molecule has 3 aliphatic rings. The van der Waals surface area contributed by atoms with Crippen molar-refractivity contribution in [1.29, 1.82) is 0 Å². The van der Waals surface area contributed by atoms with Crippen LogP contribution in [0.2, 0.25) is 0 Å². The van der Waals surface area contributed by atoms with Gasteiger partial charge >= 0.3 is 5.97 Å². The Balaban J connectivity index is 1.67. The number of carbonyl (C=O) groups is 1. The van der Waals surface area contributed by atoms with Crippen LogP contribution < -0.4 is 5.32 Å². The molecule has 0 amide bonds. The molecule has 1 saturated heterocycles. The van der Waals surface area contributed by atoms with Gasteiger partial charge in [0.25, 0.3) is 0 Å². The fourth-order valence-electron chi connectivity index (χ4n) is 4.13. The summed E-state index contributed by atoms with van der Waals surface area (Å²) in [5.74, 6) is 1.38. The third kappa shape index (κ3) is 1.78. The molecular weight excluding hydrogens is 218 g/mol. The van der Waals surface area contributed by atoms with Gasteiger partial charge < -0.3 is 15.2 Å². The van der Waals surface area contributed by atoms with E-state index in [1.807, 2.05) is 6.92 Å². The maximum absolute atomic E-state index is 11.1. The monoisotopic (exact) mass is 239 g/mol. The summed E-state index contributed by atoms with van der Waals surface area (Å²) in [4.78, 5) is 11.1. The number of aliphatic carboxylic acids is 1. The average Bonchev–Trinajstić information content (AvgIpc) is 2.88. The van der Waals surface area contributed by atoms with E-state index in [0.29, 0.717) is 18.4 Å². The lowest BCUT2D eigenvalue weighted by molar-refractivity contribution is -0.158. The van der Waals surface area contributed by atoms with Gasteiger partial charge in [0.1, 0.15) is 0 Å². The molecule has 2 saturated carbocycles. The molecule has 4 heteroatoms. The van der Waals surface area contributed by atoms with E-state index in [4.69, 9.17) is 9.84 Å². The van der Waals surface area contributed by atoms with Gasteiger partial charge in [0, 0.05) is 6.04 Å². The summed E-state index contributed by atoms with van der Waals surface area (Å²) in [6.45, 7) is 3.11. The van der Waals surface area contributed by atoms with Crippen molar-refractivity contribution in [2.75, 3.05) is 6.54 Å². The Hall–Kier alpha value is -0.610. The minimum Gasteiger partial charge on any atom is -0.479 e. The largest absolute Gasteiger partial charge is 0.479 e. The lowest BCUT2D eigenvalue weighted by Gasteiger charge is -2.30. The Morgan fingerprint density at radius 3 is 3.00 bits per heavy atom. The van der Waals surface area contributed by atoms with Crippen LogP contribution in [0, 0.1) is 17.8 Å². The quantitative estimate of drug-likeness (QED) is 0.758. The van der Waals surface area contributed by atoms with Crippen molar-refractivity contribution >= 4 is 5.97 Å². The Labute approximate surface area is 102 Å². The second-order valence-corrected chi connectivity index (χ2v) is 5.81. The summed E-state index contributed by atoms with van der Waals surface area (Å²) < 4.78 is 5.92. The van der Waals surface area contributed by atoms with Gasteiger partial charge in [-0.15, -0.1) is 0 Å². The fraction of sp³-hybridized carbons (Fsp3) is 0.923. The van der Waals surface area contributed by atoms with Gasteiger partial charge in [-0.2, -0.15) is 0 Å². The first kappa shape index (κ1) is 11.5. The van der Waals surface area contributed by atoms with Crippen LogP contribution in [0.3, 0.4) is 0 Å². The fourth-order valence-corrected chi connectivity index (χ4v) is 4.13. The van der Waals surface area contributed by atoms with Crippen LogP contribution in [0.1, 0.15) is 32.6 Å². The van der Waals surface area contributed by atoms with Crippen molar-refractivity contribution in [1.82, 2.24) is 5.32 Å². The minimum atomic E-state index is -0.802. The Morgan fingerprint density at radius 2 is 2.29 bits per heavy atom. The normalized spacial score (nSPS) is 44.2. The highest BCUT2D eigenvalue weighted by atomic mass is 16.5. The Bertz CT molecular complexity index is 318. The van der Waals surface area contributed by atoms with Crippen LogP contribution in [0.4, 0.5) is 0 Å². The zero-order valence-electron chi connectivity index (χ0n) is 10.3. The first-order chi connectivity index (χ1) is 8.20. The number of hydrogen-bond acceptors (Lipinski definition) is 3. The molecule has 17 heavy (non-hydrogen) atoms. The van der Waals surface area contributed by atoms with Crippen molar-refractivity contribution in [2.45, 2.75) is 50.9 Å². The van der Waals surface area contributed by atoms with E-state index in [2.05, 4.69) is 5.32 Å². The number of carboxylic acid groups (broad SMARTS) is 1. The predicted molar refractivity (Wildman–Crippen MR) is 62.7 cm³/mol. The lowest BCUT2D eigenvalue weighted by Crippen LogP contribution is -2.43. The van der Waals surface area contributed by atoms with E-state index >= 15 is 0 Å². The van der Waals surface area contributed by atoms with Crippen LogP contribution in [-0.4, -0.2) is 35.9 Å². The zero-order chi connectivity index (χ0) is 12.0. The molecule has 0 radical (unpaired) electrons. The van der Waals surface area contributed by atoms with Crippen molar-refractivity contribution in [3.8, 4) is 0 Å². The molecule has 0 aromatic rings. The summed E-state index contributed by atoms with van der Waals surface area (Å²) in [7, 11) is 0. The van der Waals surface area contributed by atoms with Crippen molar-refractivity contribution in [3.63, 3.8) is 0 Å². The number of ether oxygens (including phenoxy) is 1. The van der Waals surface area contributed by atoms with E-state index in [9.17, 15) is 4.79 Å². The van der Waals surface area contributed by atoms with Gasteiger partial charge in [-0.1, -0.05) is 13.3 Å². The van der Waals surface area contributed by atoms with Crippen LogP contribution >= 0.6 is 0 Å². The smallest absolute Gasteiger partial charge is 0.332 e.